The summed E-state index contributed by atoms with van der Waals surface area (Å²) in [6, 6.07) is 4.55. The van der Waals surface area contributed by atoms with Crippen LogP contribution in [0.1, 0.15) is 38.8 Å². The van der Waals surface area contributed by atoms with Gasteiger partial charge in [-0.2, -0.15) is 0 Å². The number of hydrogen-bond donors (Lipinski definition) is 1. The predicted octanol–water partition coefficient (Wildman–Crippen LogP) is 1.34. The van der Waals surface area contributed by atoms with Crippen LogP contribution in [-0.2, 0) is 38.1 Å². The summed E-state index contributed by atoms with van der Waals surface area (Å²) in [6.45, 7) is 8.31. The van der Waals surface area contributed by atoms with Gasteiger partial charge in [0.05, 0.1) is 0 Å². The Morgan fingerprint density at radius 3 is 2.12 bits per heavy atom. The lowest BCUT2D eigenvalue weighted by Crippen LogP contribution is -2.67. The Bertz CT molecular complexity index is 869. The van der Waals surface area contributed by atoms with E-state index in [2.05, 4.69) is 5.32 Å². The van der Waals surface area contributed by atoms with E-state index < -0.39 is 54.5 Å². The highest BCUT2D eigenvalue weighted by Crippen LogP contribution is 2.30. The van der Waals surface area contributed by atoms with E-state index in [1.54, 1.807) is 6.07 Å². The number of nitrogens with one attached hydrogen (secondary N) is 1. The maximum atomic E-state index is 11.9. The number of rotatable bonds is 7. The number of esters is 3. The monoisotopic (exact) mass is 451 g/mol. The summed E-state index contributed by atoms with van der Waals surface area (Å²) in [4.78, 5) is 47.0. The summed E-state index contributed by atoms with van der Waals surface area (Å²) in [5, 5.41) is 2.67. The van der Waals surface area contributed by atoms with Gasteiger partial charge in [-0.25, -0.2) is 0 Å². The maximum absolute atomic E-state index is 11.9. The molecule has 0 radical (unpaired) electrons. The number of carbonyl (C=O) groups excluding carboxylic acids is 4. The molecule has 10 heteroatoms. The van der Waals surface area contributed by atoms with Crippen LogP contribution in [0, 0.1) is 13.8 Å². The highest BCUT2D eigenvalue weighted by molar-refractivity contribution is 5.73. The smallest absolute Gasteiger partial charge is 0.303 e. The zero-order valence-corrected chi connectivity index (χ0v) is 19.0. The highest BCUT2D eigenvalue weighted by atomic mass is 16.7. The molecule has 1 fully saturated rings. The molecule has 2 rings (SSSR count). The fourth-order valence-corrected chi connectivity index (χ4v) is 3.35. The van der Waals surface area contributed by atoms with Gasteiger partial charge in [-0.1, -0.05) is 12.1 Å². The van der Waals surface area contributed by atoms with Gasteiger partial charge < -0.3 is 29.0 Å². The van der Waals surface area contributed by atoms with Crippen LogP contribution in [-0.4, -0.2) is 61.1 Å². The minimum Gasteiger partial charge on any atom is -0.463 e. The van der Waals surface area contributed by atoms with Crippen molar-refractivity contribution in [3.8, 4) is 5.75 Å². The van der Waals surface area contributed by atoms with Crippen molar-refractivity contribution in [2.24, 2.45) is 0 Å². The molecule has 1 heterocycles. The average molecular weight is 451 g/mol. The fourth-order valence-electron chi connectivity index (χ4n) is 3.35. The van der Waals surface area contributed by atoms with E-state index in [0.717, 1.165) is 11.1 Å². The Balaban J connectivity index is 2.49. The molecule has 1 aromatic carbocycles. The fraction of sp³-hybridized carbons (Fsp3) is 0.545. The second kappa shape index (κ2) is 10.9. The maximum Gasteiger partial charge on any atom is 0.303 e. The first-order chi connectivity index (χ1) is 15.0. The third-order valence-electron chi connectivity index (χ3n) is 4.66. The van der Waals surface area contributed by atoms with E-state index >= 15 is 0 Å². The molecule has 5 atom stereocenters. The van der Waals surface area contributed by atoms with Crippen molar-refractivity contribution in [1.82, 2.24) is 5.32 Å². The normalized spacial score (nSPS) is 24.8. The first-order valence-corrected chi connectivity index (χ1v) is 10.1. The molecule has 0 saturated carbocycles. The van der Waals surface area contributed by atoms with Crippen LogP contribution in [0.2, 0.25) is 0 Å². The van der Waals surface area contributed by atoms with Crippen molar-refractivity contribution < 1.29 is 42.9 Å². The molecule has 10 nitrogen and oxygen atoms in total. The second-order valence-electron chi connectivity index (χ2n) is 7.61. The molecule has 1 aromatic rings. The van der Waals surface area contributed by atoms with Crippen LogP contribution in [0.15, 0.2) is 18.2 Å². The number of aryl methyl sites for hydroxylation is 2. The van der Waals surface area contributed by atoms with E-state index in [0.29, 0.717) is 5.75 Å². The van der Waals surface area contributed by atoms with E-state index in [1.807, 2.05) is 26.0 Å². The van der Waals surface area contributed by atoms with Gasteiger partial charge in [0.25, 0.3) is 0 Å². The third kappa shape index (κ3) is 6.94. The molecule has 0 aromatic heterocycles. The lowest BCUT2D eigenvalue weighted by atomic mass is 9.96. The van der Waals surface area contributed by atoms with Crippen LogP contribution in [0.25, 0.3) is 0 Å². The van der Waals surface area contributed by atoms with E-state index in [1.165, 1.54) is 27.7 Å². The topological polar surface area (TPSA) is 126 Å². The number of benzene rings is 1. The average Bonchev–Trinajstić information content (AvgIpc) is 2.66. The molecule has 1 aliphatic rings. The molecule has 0 bridgehead atoms. The minimum atomic E-state index is -1.16. The lowest BCUT2D eigenvalue weighted by Gasteiger charge is -2.44. The lowest BCUT2D eigenvalue weighted by molar-refractivity contribution is -0.257. The third-order valence-corrected chi connectivity index (χ3v) is 4.66. The van der Waals surface area contributed by atoms with Crippen LogP contribution >= 0.6 is 0 Å². The van der Waals surface area contributed by atoms with Crippen molar-refractivity contribution in [2.75, 3.05) is 6.61 Å². The molecular formula is C22H29NO9. The Morgan fingerprint density at radius 1 is 0.938 bits per heavy atom. The summed E-state index contributed by atoms with van der Waals surface area (Å²) in [5.74, 6) is -1.86. The summed E-state index contributed by atoms with van der Waals surface area (Å²) < 4.78 is 27.9. The molecule has 1 amide bonds. The summed E-state index contributed by atoms with van der Waals surface area (Å²) in [7, 11) is 0. The Morgan fingerprint density at radius 2 is 1.56 bits per heavy atom. The van der Waals surface area contributed by atoms with Crippen LogP contribution in [0.5, 0.6) is 5.75 Å². The Labute approximate surface area is 186 Å². The molecule has 1 N–H and O–H groups in total. The molecular weight excluding hydrogens is 422 g/mol. The number of hydrogen-bond acceptors (Lipinski definition) is 9. The minimum absolute atomic E-state index is 0.287. The van der Waals surface area contributed by atoms with Crippen molar-refractivity contribution in [1.29, 1.82) is 0 Å². The summed E-state index contributed by atoms with van der Waals surface area (Å²) in [5.41, 5.74) is 1.74. The highest BCUT2D eigenvalue weighted by Gasteiger charge is 2.52. The van der Waals surface area contributed by atoms with Gasteiger partial charge in [0.15, 0.2) is 12.2 Å². The summed E-state index contributed by atoms with van der Waals surface area (Å²) in [6.07, 6.45) is -4.49. The van der Waals surface area contributed by atoms with E-state index in [-0.39, 0.29) is 6.61 Å². The second-order valence-corrected chi connectivity index (χ2v) is 7.61. The van der Waals surface area contributed by atoms with Gasteiger partial charge in [-0.3, -0.25) is 19.2 Å². The van der Waals surface area contributed by atoms with Crippen LogP contribution in [0.4, 0.5) is 0 Å². The zero-order valence-electron chi connectivity index (χ0n) is 19.0. The first kappa shape index (κ1) is 25.1. The molecule has 32 heavy (non-hydrogen) atoms. The molecule has 1 aliphatic heterocycles. The van der Waals surface area contributed by atoms with E-state index in [9.17, 15) is 19.2 Å². The molecule has 1 saturated heterocycles. The molecule has 0 spiro atoms. The number of ether oxygens (including phenoxy) is 5. The van der Waals surface area contributed by atoms with Gasteiger partial charge in [-0.15, -0.1) is 0 Å². The molecule has 0 unspecified atom stereocenters. The van der Waals surface area contributed by atoms with Crippen molar-refractivity contribution >= 4 is 23.8 Å². The summed E-state index contributed by atoms with van der Waals surface area (Å²) >= 11 is 0. The van der Waals surface area contributed by atoms with Gasteiger partial charge in [0.1, 0.15) is 24.5 Å². The van der Waals surface area contributed by atoms with Crippen molar-refractivity contribution in [3.05, 3.63) is 29.3 Å². The van der Waals surface area contributed by atoms with Gasteiger partial charge >= 0.3 is 17.9 Å². The standard InChI is InChI=1S/C22H29NO9/c1-11-7-8-12(2)17(9-11)31-22-19(23-13(3)24)21(30-16(6)27)20(29-15(5)26)18(32-22)10-28-14(4)25/h7-9,18-22H,10H2,1-6H3,(H,23,24)/t18-,19-,20+,21-,22-/m0/s1. The number of carbonyl (C=O) groups is 4. The Kier molecular flexibility index (Phi) is 8.59. The molecule has 0 aliphatic carbocycles. The molecule has 176 valence electrons. The number of amides is 1. The zero-order chi connectivity index (χ0) is 24.0. The largest absolute Gasteiger partial charge is 0.463 e. The van der Waals surface area contributed by atoms with E-state index in [4.69, 9.17) is 23.7 Å². The predicted molar refractivity (Wildman–Crippen MR) is 111 cm³/mol. The first-order valence-electron chi connectivity index (χ1n) is 10.1. The quantitative estimate of drug-likeness (QED) is 0.483. The van der Waals surface area contributed by atoms with Crippen LogP contribution in [0.3, 0.4) is 0 Å². The van der Waals surface area contributed by atoms with Crippen molar-refractivity contribution in [2.45, 2.75) is 72.2 Å². The SMILES string of the molecule is CC(=O)N[C@@H]1[C@@H](Oc2cc(C)ccc2C)O[C@@H](COC(C)=O)[C@@H](OC(C)=O)[C@H]1OC(C)=O. The van der Waals surface area contributed by atoms with Crippen molar-refractivity contribution in [3.63, 3.8) is 0 Å². The van der Waals surface area contributed by atoms with Gasteiger partial charge in [-0.05, 0) is 31.0 Å². The Hall–Kier alpha value is -3.14. The van der Waals surface area contributed by atoms with Gasteiger partial charge in [0.2, 0.25) is 12.2 Å². The van der Waals surface area contributed by atoms with Gasteiger partial charge in [0, 0.05) is 27.7 Å². The van der Waals surface area contributed by atoms with Crippen LogP contribution < -0.4 is 10.1 Å².